The summed E-state index contributed by atoms with van der Waals surface area (Å²) in [6.45, 7) is -0.413. The number of phenols is 1. The second-order valence-corrected chi connectivity index (χ2v) is 4.50. The van der Waals surface area contributed by atoms with E-state index in [1.165, 1.54) is 16.5 Å². The molecule has 3 N–H and O–H groups in total. The van der Waals surface area contributed by atoms with Gasteiger partial charge in [-0.3, -0.25) is 9.20 Å². The normalized spacial score (nSPS) is 10.2. The fourth-order valence-electron chi connectivity index (χ4n) is 2.05. The van der Waals surface area contributed by atoms with Gasteiger partial charge in [-0.1, -0.05) is 13.5 Å². The van der Waals surface area contributed by atoms with Crippen LogP contribution in [0.15, 0.2) is 53.5 Å². The van der Waals surface area contributed by atoms with E-state index in [0.29, 0.717) is 17.2 Å². The molecule has 2 heterocycles. The lowest BCUT2D eigenvalue weighted by atomic mass is 10.2. The largest absolute Gasteiger partial charge is 0.508 e. The summed E-state index contributed by atoms with van der Waals surface area (Å²) in [5.41, 5.74) is 1.02. The van der Waals surface area contributed by atoms with Crippen LogP contribution in [0.4, 0.5) is 11.5 Å². The van der Waals surface area contributed by atoms with Crippen molar-refractivity contribution in [2.75, 3.05) is 5.32 Å². The molecule has 0 saturated heterocycles. The first-order chi connectivity index (χ1) is 10.2. The number of aliphatic hydroxyl groups excluding tert-OH is 1. The van der Waals surface area contributed by atoms with Crippen molar-refractivity contribution in [2.45, 2.75) is 14.0 Å². The molecule has 2 aromatic heterocycles. The van der Waals surface area contributed by atoms with Crippen LogP contribution in [0.3, 0.4) is 0 Å². The van der Waals surface area contributed by atoms with Crippen molar-refractivity contribution < 1.29 is 10.2 Å². The molecule has 6 heteroatoms. The van der Waals surface area contributed by atoms with Crippen molar-refractivity contribution in [3.05, 3.63) is 64.6 Å². The quantitative estimate of drug-likeness (QED) is 0.646. The fourth-order valence-corrected chi connectivity index (χ4v) is 2.05. The van der Waals surface area contributed by atoms with E-state index in [2.05, 4.69) is 10.3 Å². The van der Waals surface area contributed by atoms with Crippen LogP contribution in [0, 0.1) is 0 Å². The highest BCUT2D eigenvalue weighted by molar-refractivity contribution is 5.62. The zero-order valence-electron chi connectivity index (χ0n) is 11.0. The van der Waals surface area contributed by atoms with E-state index in [9.17, 15) is 15.0 Å². The van der Waals surface area contributed by atoms with Crippen molar-refractivity contribution in [2.24, 2.45) is 0 Å². The number of hydrogen-bond acceptors (Lipinski definition) is 5. The molecule has 0 aliphatic rings. The first-order valence-corrected chi connectivity index (χ1v) is 6.36. The van der Waals surface area contributed by atoms with Crippen molar-refractivity contribution in [1.29, 1.82) is 0 Å². The number of anilines is 2. The smallest absolute Gasteiger partial charge is 0.265 e. The summed E-state index contributed by atoms with van der Waals surface area (Å²) in [6.07, 6.45) is 1.61. The number of benzene rings is 1. The van der Waals surface area contributed by atoms with Gasteiger partial charge in [0.1, 0.15) is 17.2 Å². The van der Waals surface area contributed by atoms with Gasteiger partial charge in [0.15, 0.2) is 0 Å². The molecule has 3 rings (SSSR count). The molecule has 1 aromatic carbocycles. The third-order valence-electron chi connectivity index (χ3n) is 3.12. The Morgan fingerprint density at radius 3 is 2.55 bits per heavy atom. The molecule has 0 amide bonds. The van der Waals surface area contributed by atoms with Crippen LogP contribution < -0.4 is 10.9 Å². The lowest BCUT2D eigenvalue weighted by molar-refractivity contribution is 0.280. The Bertz CT molecular complexity index is 841. The Kier molecular flexibility index (Phi) is 4.43. The van der Waals surface area contributed by atoms with E-state index in [-0.39, 0.29) is 24.3 Å². The average molecular weight is 299 g/mol. The number of nitrogens with zero attached hydrogens (tertiary/aromatic N) is 2. The Morgan fingerprint density at radius 2 is 1.86 bits per heavy atom. The maximum absolute atomic E-state index is 12.3. The molecule has 3 aromatic rings. The van der Waals surface area contributed by atoms with E-state index in [1.54, 1.807) is 36.5 Å². The Hall–Kier alpha value is -2.86. The lowest BCUT2D eigenvalue weighted by Gasteiger charge is -2.11. The van der Waals surface area contributed by atoms with E-state index in [1.807, 2.05) is 0 Å². The predicted molar refractivity (Wildman–Crippen MR) is 85.5 cm³/mol. The zero-order valence-corrected chi connectivity index (χ0v) is 11.0. The topological polar surface area (TPSA) is 86.9 Å². The molecule has 0 unspecified atom stereocenters. The lowest BCUT2D eigenvalue weighted by Crippen LogP contribution is -2.21. The van der Waals surface area contributed by atoms with Crippen LogP contribution in [0.25, 0.3) is 5.65 Å². The summed E-state index contributed by atoms with van der Waals surface area (Å²) in [7, 11) is 0. The van der Waals surface area contributed by atoms with E-state index in [4.69, 9.17) is 0 Å². The molecular weight excluding hydrogens is 282 g/mol. The fraction of sp³-hybridized carbons (Fsp3) is 0.125. The number of aromatic nitrogens is 2. The molecule has 0 saturated carbocycles. The van der Waals surface area contributed by atoms with Gasteiger partial charge in [0.05, 0.1) is 12.2 Å². The number of aromatic hydroxyl groups is 1. The molecule has 114 valence electrons. The van der Waals surface area contributed by atoms with Gasteiger partial charge >= 0.3 is 0 Å². The van der Waals surface area contributed by atoms with Gasteiger partial charge in [-0.05, 0) is 36.4 Å². The number of rotatable bonds is 3. The summed E-state index contributed by atoms with van der Waals surface area (Å²) in [5, 5.41) is 21.7. The SMILES string of the molecule is C.O=c1c(CO)c(Nc2ccc(O)cc2)nc2ccccn12. The highest BCUT2D eigenvalue weighted by Gasteiger charge is 2.11. The molecule has 0 atom stereocenters. The summed E-state index contributed by atoms with van der Waals surface area (Å²) in [6, 6.07) is 11.6. The Morgan fingerprint density at radius 1 is 1.14 bits per heavy atom. The van der Waals surface area contributed by atoms with Crippen molar-refractivity contribution >= 4 is 17.2 Å². The number of hydrogen-bond donors (Lipinski definition) is 3. The molecular formula is C16H17N3O3. The van der Waals surface area contributed by atoms with Gasteiger partial charge in [0.2, 0.25) is 0 Å². The molecule has 0 spiro atoms. The van der Waals surface area contributed by atoms with Crippen LogP contribution in [0.1, 0.15) is 13.0 Å². The molecule has 22 heavy (non-hydrogen) atoms. The summed E-state index contributed by atoms with van der Waals surface area (Å²) >= 11 is 0. The van der Waals surface area contributed by atoms with Gasteiger partial charge in [-0.15, -0.1) is 0 Å². The van der Waals surface area contributed by atoms with E-state index in [0.717, 1.165) is 0 Å². The molecule has 6 nitrogen and oxygen atoms in total. The highest BCUT2D eigenvalue weighted by Crippen LogP contribution is 2.20. The molecule has 0 aliphatic carbocycles. The molecule has 0 fully saturated rings. The second kappa shape index (κ2) is 6.28. The van der Waals surface area contributed by atoms with Gasteiger partial charge in [-0.25, -0.2) is 4.98 Å². The molecule has 0 bridgehead atoms. The third kappa shape index (κ3) is 2.77. The standard InChI is InChI=1S/C15H13N3O3.CH4/c19-9-12-14(16-10-4-6-11(20)7-5-10)17-13-3-1-2-8-18(13)15(12)21;/h1-8,16,19-20H,9H2;1H4. The minimum Gasteiger partial charge on any atom is -0.508 e. The maximum Gasteiger partial charge on any atom is 0.265 e. The number of pyridine rings is 1. The number of nitrogens with one attached hydrogen (secondary N) is 1. The number of aliphatic hydroxyl groups is 1. The van der Waals surface area contributed by atoms with Gasteiger partial charge < -0.3 is 15.5 Å². The van der Waals surface area contributed by atoms with Crippen LogP contribution in [-0.4, -0.2) is 19.6 Å². The van der Waals surface area contributed by atoms with E-state index >= 15 is 0 Å². The van der Waals surface area contributed by atoms with Crippen LogP contribution >= 0.6 is 0 Å². The number of phenolic OH excluding ortho intramolecular Hbond substituents is 1. The Labute approximate surface area is 127 Å². The second-order valence-electron chi connectivity index (χ2n) is 4.50. The molecule has 0 aliphatic heterocycles. The predicted octanol–water partition coefficient (Wildman–Crippen LogP) is 2.27. The first kappa shape index (κ1) is 15.5. The monoisotopic (exact) mass is 299 g/mol. The summed E-state index contributed by atoms with van der Waals surface area (Å²) in [4.78, 5) is 16.7. The highest BCUT2D eigenvalue weighted by atomic mass is 16.3. The Balaban J connectivity index is 0.00000176. The van der Waals surface area contributed by atoms with Crippen LogP contribution in [0.2, 0.25) is 0 Å². The van der Waals surface area contributed by atoms with Crippen molar-refractivity contribution in [3.8, 4) is 5.75 Å². The average Bonchev–Trinajstić information content (AvgIpc) is 2.50. The van der Waals surface area contributed by atoms with Crippen LogP contribution in [-0.2, 0) is 6.61 Å². The minimum atomic E-state index is -0.413. The van der Waals surface area contributed by atoms with Gasteiger partial charge in [0, 0.05) is 11.9 Å². The summed E-state index contributed by atoms with van der Waals surface area (Å²) < 4.78 is 1.38. The van der Waals surface area contributed by atoms with Crippen molar-refractivity contribution in [3.63, 3.8) is 0 Å². The van der Waals surface area contributed by atoms with Crippen LogP contribution in [0.5, 0.6) is 5.75 Å². The summed E-state index contributed by atoms with van der Waals surface area (Å²) in [5.74, 6) is 0.453. The third-order valence-corrected chi connectivity index (χ3v) is 3.12. The zero-order chi connectivity index (χ0) is 14.8. The van der Waals surface area contributed by atoms with Gasteiger partial charge in [0.25, 0.3) is 5.56 Å². The minimum absolute atomic E-state index is 0. The van der Waals surface area contributed by atoms with Gasteiger partial charge in [-0.2, -0.15) is 0 Å². The first-order valence-electron chi connectivity index (χ1n) is 6.36. The maximum atomic E-state index is 12.3. The molecule has 0 radical (unpaired) electrons. The number of fused-ring (bicyclic) bond motifs is 1. The van der Waals surface area contributed by atoms with E-state index < -0.39 is 6.61 Å². The van der Waals surface area contributed by atoms with Crippen molar-refractivity contribution in [1.82, 2.24) is 9.38 Å².